The number of carbonyl (C=O) groups excluding carboxylic acids is 2. The van der Waals surface area contributed by atoms with Gasteiger partial charge in [0.15, 0.2) is 29.0 Å². The molecule has 0 aliphatic heterocycles. The molecule has 0 fully saturated rings. The standard InChI is InChI=1S/C23H25N3O5S/c1-4-29-19-12-11-16(13-20(19)30-5-2)25-21(27)15-31-22(28)18-14-24-23(32-3)26(18)17-9-7-6-8-10-17/h6-14H,4-5,15H2,1-3H3,(H,25,27). The second kappa shape index (κ2) is 11.2. The third-order valence-electron chi connectivity index (χ3n) is 4.30. The van der Waals surface area contributed by atoms with Crippen molar-refractivity contribution in [2.24, 2.45) is 0 Å². The van der Waals surface area contributed by atoms with Gasteiger partial charge in [-0.25, -0.2) is 9.78 Å². The molecule has 3 aromatic rings. The van der Waals surface area contributed by atoms with Crippen molar-refractivity contribution >= 4 is 29.3 Å². The molecule has 0 spiro atoms. The van der Waals surface area contributed by atoms with Crippen LogP contribution in [0.4, 0.5) is 5.69 Å². The van der Waals surface area contributed by atoms with E-state index in [9.17, 15) is 9.59 Å². The van der Waals surface area contributed by atoms with E-state index in [4.69, 9.17) is 14.2 Å². The Morgan fingerprint density at radius 1 is 1.03 bits per heavy atom. The zero-order valence-corrected chi connectivity index (χ0v) is 19.0. The molecule has 8 nitrogen and oxygen atoms in total. The van der Waals surface area contributed by atoms with Crippen LogP contribution in [-0.2, 0) is 9.53 Å². The average Bonchev–Trinajstić information content (AvgIpc) is 3.24. The summed E-state index contributed by atoms with van der Waals surface area (Å²) in [5.41, 5.74) is 1.54. The van der Waals surface area contributed by atoms with E-state index in [-0.39, 0.29) is 5.69 Å². The fraction of sp³-hybridized carbons (Fsp3) is 0.261. The van der Waals surface area contributed by atoms with Crippen LogP contribution >= 0.6 is 11.8 Å². The number of imidazole rings is 1. The molecular weight excluding hydrogens is 430 g/mol. The summed E-state index contributed by atoms with van der Waals surface area (Å²) in [6.07, 6.45) is 3.32. The van der Waals surface area contributed by atoms with E-state index in [0.29, 0.717) is 35.6 Å². The van der Waals surface area contributed by atoms with Gasteiger partial charge in [-0.05, 0) is 44.4 Å². The van der Waals surface area contributed by atoms with Crippen LogP contribution in [0, 0.1) is 0 Å². The number of carbonyl (C=O) groups is 2. The van der Waals surface area contributed by atoms with Gasteiger partial charge in [0.2, 0.25) is 0 Å². The van der Waals surface area contributed by atoms with E-state index in [1.54, 1.807) is 22.8 Å². The Morgan fingerprint density at radius 2 is 1.75 bits per heavy atom. The molecule has 0 aliphatic rings. The maximum atomic E-state index is 12.7. The lowest BCUT2D eigenvalue weighted by Gasteiger charge is -2.13. The molecule has 1 N–H and O–H groups in total. The topological polar surface area (TPSA) is 91.7 Å². The van der Waals surface area contributed by atoms with Gasteiger partial charge in [0.25, 0.3) is 5.91 Å². The highest BCUT2D eigenvalue weighted by molar-refractivity contribution is 7.98. The van der Waals surface area contributed by atoms with Gasteiger partial charge in [-0.1, -0.05) is 30.0 Å². The molecule has 2 aromatic carbocycles. The van der Waals surface area contributed by atoms with Crippen molar-refractivity contribution in [3.63, 3.8) is 0 Å². The third-order valence-corrected chi connectivity index (χ3v) is 4.95. The minimum Gasteiger partial charge on any atom is -0.490 e. The minimum absolute atomic E-state index is 0.244. The minimum atomic E-state index is -0.640. The number of amides is 1. The van der Waals surface area contributed by atoms with Crippen LogP contribution in [-0.4, -0.2) is 47.5 Å². The van der Waals surface area contributed by atoms with Gasteiger partial charge in [0.05, 0.1) is 19.4 Å². The van der Waals surface area contributed by atoms with Crippen molar-refractivity contribution in [3.8, 4) is 17.2 Å². The first-order chi connectivity index (χ1) is 15.6. The van der Waals surface area contributed by atoms with Crippen LogP contribution in [0.15, 0.2) is 59.9 Å². The van der Waals surface area contributed by atoms with E-state index in [1.807, 2.05) is 50.4 Å². The maximum Gasteiger partial charge on any atom is 0.357 e. The lowest BCUT2D eigenvalue weighted by molar-refractivity contribution is -0.119. The molecule has 1 heterocycles. The zero-order valence-electron chi connectivity index (χ0n) is 18.2. The molecule has 1 amide bonds. The maximum absolute atomic E-state index is 12.7. The first-order valence-electron chi connectivity index (χ1n) is 10.1. The molecular formula is C23H25N3O5S. The van der Waals surface area contributed by atoms with E-state index < -0.39 is 18.5 Å². The number of aromatic nitrogens is 2. The third kappa shape index (κ3) is 5.61. The summed E-state index contributed by atoms with van der Waals surface area (Å²) in [7, 11) is 0. The Balaban J connectivity index is 1.67. The summed E-state index contributed by atoms with van der Waals surface area (Å²) in [5, 5.41) is 3.35. The number of thioether (sulfide) groups is 1. The number of rotatable bonds is 10. The number of nitrogens with one attached hydrogen (secondary N) is 1. The van der Waals surface area contributed by atoms with Crippen LogP contribution in [0.5, 0.6) is 11.5 Å². The highest BCUT2D eigenvalue weighted by Crippen LogP contribution is 2.30. The van der Waals surface area contributed by atoms with Gasteiger partial charge in [0, 0.05) is 17.4 Å². The number of hydrogen-bond donors (Lipinski definition) is 1. The molecule has 1 aromatic heterocycles. The SMILES string of the molecule is CCOc1ccc(NC(=O)COC(=O)c2cnc(SC)n2-c2ccccc2)cc1OCC. The van der Waals surface area contributed by atoms with Crippen molar-refractivity contribution in [1.82, 2.24) is 9.55 Å². The number of nitrogens with zero attached hydrogens (tertiary/aromatic N) is 2. The van der Waals surface area contributed by atoms with Crippen LogP contribution in [0.1, 0.15) is 24.3 Å². The van der Waals surface area contributed by atoms with E-state index >= 15 is 0 Å². The van der Waals surface area contributed by atoms with E-state index in [0.717, 1.165) is 5.69 Å². The number of esters is 1. The monoisotopic (exact) mass is 455 g/mol. The number of benzene rings is 2. The highest BCUT2D eigenvalue weighted by atomic mass is 32.2. The Hall–Kier alpha value is -3.46. The largest absolute Gasteiger partial charge is 0.490 e. The number of hydrogen-bond acceptors (Lipinski definition) is 7. The van der Waals surface area contributed by atoms with Crippen LogP contribution in [0.25, 0.3) is 5.69 Å². The number of para-hydroxylation sites is 1. The smallest absolute Gasteiger partial charge is 0.357 e. The fourth-order valence-electron chi connectivity index (χ4n) is 2.98. The summed E-state index contributed by atoms with van der Waals surface area (Å²) in [5.74, 6) is 0.0115. The normalized spacial score (nSPS) is 10.5. The lowest BCUT2D eigenvalue weighted by Crippen LogP contribution is -2.22. The van der Waals surface area contributed by atoms with Gasteiger partial charge < -0.3 is 19.5 Å². The van der Waals surface area contributed by atoms with Gasteiger partial charge in [-0.15, -0.1) is 0 Å². The molecule has 0 aliphatic carbocycles. The van der Waals surface area contributed by atoms with E-state index in [2.05, 4.69) is 10.3 Å². The molecule has 32 heavy (non-hydrogen) atoms. The van der Waals surface area contributed by atoms with Crippen molar-refractivity contribution < 1.29 is 23.8 Å². The number of ether oxygens (including phenoxy) is 3. The predicted octanol–water partition coefficient (Wildman–Crippen LogP) is 4.19. The summed E-state index contributed by atoms with van der Waals surface area (Å²) < 4.78 is 18.0. The highest BCUT2D eigenvalue weighted by Gasteiger charge is 2.20. The van der Waals surface area contributed by atoms with Crippen molar-refractivity contribution in [2.45, 2.75) is 19.0 Å². The molecule has 3 rings (SSSR count). The Bertz CT molecular complexity index is 1070. The number of anilines is 1. The summed E-state index contributed by atoms with van der Waals surface area (Å²) in [6, 6.07) is 14.5. The van der Waals surface area contributed by atoms with Gasteiger partial charge in [-0.2, -0.15) is 0 Å². The quantitative estimate of drug-likeness (QED) is 0.362. The second-order valence-electron chi connectivity index (χ2n) is 6.45. The molecule has 0 saturated heterocycles. The zero-order chi connectivity index (χ0) is 22.9. The van der Waals surface area contributed by atoms with Gasteiger partial charge in [0.1, 0.15) is 0 Å². The fourth-order valence-corrected chi connectivity index (χ4v) is 3.52. The Kier molecular flexibility index (Phi) is 8.15. The summed E-state index contributed by atoms with van der Waals surface area (Å²) in [4.78, 5) is 29.3. The molecule has 9 heteroatoms. The van der Waals surface area contributed by atoms with E-state index in [1.165, 1.54) is 18.0 Å². The molecule has 0 saturated carbocycles. The molecule has 0 radical (unpaired) electrons. The summed E-state index contributed by atoms with van der Waals surface area (Å²) in [6.45, 7) is 4.26. The predicted molar refractivity (Wildman–Crippen MR) is 123 cm³/mol. The van der Waals surface area contributed by atoms with Crippen LogP contribution in [0.3, 0.4) is 0 Å². The first-order valence-corrected chi connectivity index (χ1v) is 11.3. The Labute approximate surface area is 190 Å². The second-order valence-corrected chi connectivity index (χ2v) is 7.23. The summed E-state index contributed by atoms with van der Waals surface area (Å²) >= 11 is 1.41. The Morgan fingerprint density at radius 3 is 2.44 bits per heavy atom. The van der Waals surface area contributed by atoms with Crippen molar-refractivity contribution in [2.75, 3.05) is 31.4 Å². The first kappa shape index (κ1) is 23.2. The van der Waals surface area contributed by atoms with Crippen molar-refractivity contribution in [1.29, 1.82) is 0 Å². The molecule has 0 atom stereocenters. The lowest BCUT2D eigenvalue weighted by atomic mass is 10.2. The van der Waals surface area contributed by atoms with Crippen LogP contribution < -0.4 is 14.8 Å². The van der Waals surface area contributed by atoms with Crippen LogP contribution in [0.2, 0.25) is 0 Å². The molecule has 168 valence electrons. The van der Waals surface area contributed by atoms with Gasteiger partial charge >= 0.3 is 5.97 Å². The molecule has 0 unspecified atom stereocenters. The van der Waals surface area contributed by atoms with Gasteiger partial charge in [-0.3, -0.25) is 9.36 Å². The average molecular weight is 456 g/mol. The molecule has 0 bridgehead atoms. The van der Waals surface area contributed by atoms with Crippen molar-refractivity contribution in [3.05, 3.63) is 60.4 Å².